The van der Waals surface area contributed by atoms with Crippen LogP contribution in [0.25, 0.3) is 0 Å². The van der Waals surface area contributed by atoms with E-state index in [4.69, 9.17) is 10.8 Å². The molecule has 2 unspecified atom stereocenters. The van der Waals surface area contributed by atoms with Gasteiger partial charge in [-0.1, -0.05) is 36.2 Å². The van der Waals surface area contributed by atoms with E-state index in [9.17, 15) is 4.79 Å². The summed E-state index contributed by atoms with van der Waals surface area (Å²) in [6.45, 7) is 7.65. The molecule has 3 rings (SSSR count). The lowest BCUT2D eigenvalue weighted by Crippen LogP contribution is -2.39. The van der Waals surface area contributed by atoms with Crippen LogP contribution in [-0.4, -0.2) is 28.3 Å². The molecule has 0 bridgehead atoms. The molecule has 0 aliphatic heterocycles. The van der Waals surface area contributed by atoms with Crippen molar-refractivity contribution in [3.05, 3.63) is 52.3 Å². The van der Waals surface area contributed by atoms with Gasteiger partial charge >= 0.3 is 0 Å². The van der Waals surface area contributed by atoms with Crippen molar-refractivity contribution in [1.29, 1.82) is 0 Å². The van der Waals surface area contributed by atoms with E-state index < -0.39 is 0 Å². The van der Waals surface area contributed by atoms with Gasteiger partial charge in [-0.15, -0.1) is 0 Å². The summed E-state index contributed by atoms with van der Waals surface area (Å²) in [5.41, 5.74) is 11.7. The summed E-state index contributed by atoms with van der Waals surface area (Å²) >= 11 is 0. The molecule has 27 heavy (non-hydrogen) atoms. The lowest BCUT2D eigenvalue weighted by Gasteiger charge is -2.19. The number of nitrogens with zero attached hydrogens (tertiary/aromatic N) is 2. The number of nitrogens with two attached hydrogens (primary N) is 1. The van der Waals surface area contributed by atoms with E-state index in [2.05, 4.69) is 48.1 Å². The maximum Gasteiger partial charge on any atom is 0.220 e. The molecule has 1 aromatic heterocycles. The number of carbonyl (C=O) groups is 1. The average Bonchev–Trinajstić information content (AvgIpc) is 3.19. The highest BCUT2D eigenvalue weighted by Gasteiger charge is 2.27. The minimum absolute atomic E-state index is 0.130. The van der Waals surface area contributed by atoms with Crippen molar-refractivity contribution in [2.75, 3.05) is 6.54 Å². The van der Waals surface area contributed by atoms with E-state index in [-0.39, 0.29) is 11.9 Å². The van der Waals surface area contributed by atoms with Crippen molar-refractivity contribution in [1.82, 2.24) is 15.1 Å². The van der Waals surface area contributed by atoms with Crippen LogP contribution in [0.4, 0.5) is 0 Å². The molecule has 1 saturated carbocycles. The summed E-state index contributed by atoms with van der Waals surface area (Å²) in [5.74, 6) is 0.570. The van der Waals surface area contributed by atoms with E-state index in [0.29, 0.717) is 18.9 Å². The van der Waals surface area contributed by atoms with E-state index in [1.54, 1.807) is 0 Å². The third kappa shape index (κ3) is 4.78. The van der Waals surface area contributed by atoms with Gasteiger partial charge in [0.15, 0.2) is 0 Å². The standard InChI is InChI=1S/C22H32N4O/c1-15-7-9-18(10-8-15)14-26-17(3)20(16(2)25-26)11-12-22(27)24-21-6-4-5-19(21)13-23/h7-10,19,21H,4-6,11-14,23H2,1-3H3,(H,24,27). The number of carbonyl (C=O) groups excluding carboxylic acids is 1. The van der Waals surface area contributed by atoms with Crippen molar-refractivity contribution in [3.8, 4) is 0 Å². The molecule has 5 heteroatoms. The molecule has 5 nitrogen and oxygen atoms in total. The summed E-state index contributed by atoms with van der Waals surface area (Å²) in [6.07, 6.45) is 4.59. The molecule has 1 amide bonds. The van der Waals surface area contributed by atoms with Gasteiger partial charge in [-0.2, -0.15) is 5.10 Å². The Labute approximate surface area is 162 Å². The number of hydrogen-bond acceptors (Lipinski definition) is 3. The Balaban J connectivity index is 1.59. The van der Waals surface area contributed by atoms with Crippen LogP contribution >= 0.6 is 0 Å². The largest absolute Gasteiger partial charge is 0.353 e. The molecule has 146 valence electrons. The Kier molecular flexibility index (Phi) is 6.32. The summed E-state index contributed by atoms with van der Waals surface area (Å²) < 4.78 is 2.05. The summed E-state index contributed by atoms with van der Waals surface area (Å²) in [7, 11) is 0. The molecule has 1 aliphatic rings. The average molecular weight is 369 g/mol. The van der Waals surface area contributed by atoms with Crippen molar-refractivity contribution in [3.63, 3.8) is 0 Å². The second-order valence-corrected chi connectivity index (χ2v) is 7.89. The number of rotatable bonds is 7. The van der Waals surface area contributed by atoms with Crippen LogP contribution in [-0.2, 0) is 17.8 Å². The van der Waals surface area contributed by atoms with Crippen LogP contribution in [0.2, 0.25) is 0 Å². The zero-order valence-corrected chi connectivity index (χ0v) is 16.8. The maximum absolute atomic E-state index is 12.4. The molecule has 2 aromatic rings. The first-order valence-corrected chi connectivity index (χ1v) is 10.1. The Morgan fingerprint density at radius 1 is 1.22 bits per heavy atom. The molecule has 2 atom stereocenters. The summed E-state index contributed by atoms with van der Waals surface area (Å²) in [5, 5.41) is 7.90. The van der Waals surface area contributed by atoms with E-state index in [1.165, 1.54) is 16.7 Å². The summed E-state index contributed by atoms with van der Waals surface area (Å²) in [6, 6.07) is 8.81. The molecule has 0 radical (unpaired) electrons. The van der Waals surface area contributed by atoms with Crippen molar-refractivity contribution in [2.45, 2.75) is 65.5 Å². The van der Waals surface area contributed by atoms with Gasteiger partial charge in [0, 0.05) is 18.2 Å². The number of nitrogens with one attached hydrogen (secondary N) is 1. The Morgan fingerprint density at radius 2 is 1.96 bits per heavy atom. The fourth-order valence-corrected chi connectivity index (χ4v) is 4.14. The first-order valence-electron chi connectivity index (χ1n) is 10.1. The van der Waals surface area contributed by atoms with Gasteiger partial charge in [0.2, 0.25) is 5.91 Å². The first-order chi connectivity index (χ1) is 13.0. The van der Waals surface area contributed by atoms with E-state index in [1.807, 2.05) is 6.92 Å². The smallest absolute Gasteiger partial charge is 0.220 e. The Morgan fingerprint density at radius 3 is 2.67 bits per heavy atom. The number of aryl methyl sites for hydroxylation is 2. The van der Waals surface area contributed by atoms with Gasteiger partial charge in [-0.05, 0) is 63.6 Å². The summed E-state index contributed by atoms with van der Waals surface area (Å²) in [4.78, 5) is 12.4. The minimum Gasteiger partial charge on any atom is -0.353 e. The van der Waals surface area contributed by atoms with Crippen LogP contribution in [0.15, 0.2) is 24.3 Å². The predicted molar refractivity (Wildman–Crippen MR) is 109 cm³/mol. The van der Waals surface area contributed by atoms with Crippen LogP contribution in [0.1, 0.15) is 53.8 Å². The highest BCUT2D eigenvalue weighted by molar-refractivity contribution is 5.76. The lowest BCUT2D eigenvalue weighted by atomic mass is 10.0. The molecule has 0 saturated heterocycles. The molecule has 0 spiro atoms. The molecular weight excluding hydrogens is 336 g/mol. The van der Waals surface area contributed by atoms with Gasteiger partial charge in [-0.25, -0.2) is 0 Å². The van der Waals surface area contributed by atoms with E-state index in [0.717, 1.165) is 43.6 Å². The van der Waals surface area contributed by atoms with Crippen LogP contribution in [0.5, 0.6) is 0 Å². The Hall–Kier alpha value is -2.14. The van der Waals surface area contributed by atoms with Crippen molar-refractivity contribution >= 4 is 5.91 Å². The fourth-order valence-electron chi connectivity index (χ4n) is 4.14. The fraction of sp³-hybridized carbons (Fsp3) is 0.545. The van der Waals surface area contributed by atoms with Gasteiger partial charge in [0.05, 0.1) is 12.2 Å². The third-order valence-corrected chi connectivity index (χ3v) is 5.89. The molecule has 1 fully saturated rings. The number of benzene rings is 1. The molecule has 3 N–H and O–H groups in total. The topological polar surface area (TPSA) is 72.9 Å². The van der Waals surface area contributed by atoms with Crippen LogP contribution in [0.3, 0.4) is 0 Å². The number of hydrogen-bond donors (Lipinski definition) is 2. The monoisotopic (exact) mass is 368 g/mol. The minimum atomic E-state index is 0.130. The number of amides is 1. The highest BCUT2D eigenvalue weighted by atomic mass is 16.1. The Bertz CT molecular complexity index is 778. The maximum atomic E-state index is 12.4. The second-order valence-electron chi connectivity index (χ2n) is 7.89. The number of aromatic nitrogens is 2. The van der Waals surface area contributed by atoms with Gasteiger partial charge < -0.3 is 11.1 Å². The normalized spacial score (nSPS) is 19.4. The first kappa shape index (κ1) is 19.6. The predicted octanol–water partition coefficient (Wildman–Crippen LogP) is 3.03. The SMILES string of the molecule is Cc1ccc(Cn2nc(C)c(CCC(=O)NC3CCCC3CN)c2C)cc1. The van der Waals surface area contributed by atoms with Gasteiger partial charge in [0.25, 0.3) is 0 Å². The second kappa shape index (κ2) is 8.70. The van der Waals surface area contributed by atoms with Gasteiger partial charge in [-0.3, -0.25) is 9.48 Å². The quantitative estimate of drug-likeness (QED) is 0.789. The third-order valence-electron chi connectivity index (χ3n) is 5.89. The van der Waals surface area contributed by atoms with Crippen molar-refractivity contribution < 1.29 is 4.79 Å². The molecule has 1 aromatic carbocycles. The molecular formula is C22H32N4O. The van der Waals surface area contributed by atoms with Gasteiger partial charge in [0.1, 0.15) is 0 Å². The van der Waals surface area contributed by atoms with Crippen LogP contribution in [0, 0.1) is 26.7 Å². The molecule has 1 heterocycles. The zero-order chi connectivity index (χ0) is 19.4. The zero-order valence-electron chi connectivity index (χ0n) is 16.8. The van der Waals surface area contributed by atoms with Crippen LogP contribution < -0.4 is 11.1 Å². The molecule has 1 aliphatic carbocycles. The van der Waals surface area contributed by atoms with E-state index >= 15 is 0 Å². The lowest BCUT2D eigenvalue weighted by molar-refractivity contribution is -0.122. The highest BCUT2D eigenvalue weighted by Crippen LogP contribution is 2.25. The van der Waals surface area contributed by atoms with Crippen molar-refractivity contribution in [2.24, 2.45) is 11.7 Å².